The van der Waals surface area contributed by atoms with Crippen LogP contribution in [0.2, 0.25) is 0 Å². The maximum Gasteiger partial charge on any atom is 0.195 e. The van der Waals surface area contributed by atoms with Crippen molar-refractivity contribution < 1.29 is 14.2 Å². The standard InChI is InChI=1S/C23H34N4O3S/c1-5-24-23(26-18-8-9-20(28-4)21(15-18)30-6-2)25-16-19(22-10-7-17(3)31-22)27-11-13-29-14-12-27/h7-10,15,19H,5-6,11-14,16H2,1-4H3,(H2,24,25,26). The summed E-state index contributed by atoms with van der Waals surface area (Å²) in [7, 11) is 1.65. The second kappa shape index (κ2) is 11.9. The fourth-order valence-electron chi connectivity index (χ4n) is 3.55. The Kier molecular flexibility index (Phi) is 8.99. The largest absolute Gasteiger partial charge is 0.493 e. The van der Waals surface area contributed by atoms with Gasteiger partial charge in [0.1, 0.15) is 0 Å². The predicted molar refractivity (Wildman–Crippen MR) is 128 cm³/mol. The maximum absolute atomic E-state index is 5.71. The number of aliphatic imine (C=N–C) groups is 1. The van der Waals surface area contributed by atoms with Gasteiger partial charge in [0, 0.05) is 41.1 Å². The summed E-state index contributed by atoms with van der Waals surface area (Å²) >= 11 is 1.85. The first-order chi connectivity index (χ1) is 15.1. The van der Waals surface area contributed by atoms with E-state index in [0.717, 1.165) is 50.2 Å². The monoisotopic (exact) mass is 446 g/mol. The van der Waals surface area contributed by atoms with Gasteiger partial charge in [0.2, 0.25) is 0 Å². The second-order valence-electron chi connectivity index (χ2n) is 7.26. The molecule has 0 amide bonds. The average molecular weight is 447 g/mol. The second-order valence-corrected chi connectivity index (χ2v) is 8.58. The molecule has 2 aromatic rings. The highest BCUT2D eigenvalue weighted by Gasteiger charge is 2.24. The summed E-state index contributed by atoms with van der Waals surface area (Å²) in [5.41, 5.74) is 0.902. The van der Waals surface area contributed by atoms with Crippen molar-refractivity contribution >= 4 is 23.0 Å². The molecule has 1 fully saturated rings. The summed E-state index contributed by atoms with van der Waals surface area (Å²) in [6, 6.07) is 10.5. The number of aryl methyl sites for hydroxylation is 1. The Balaban J connectivity index is 1.78. The number of anilines is 1. The molecule has 2 N–H and O–H groups in total. The highest BCUT2D eigenvalue weighted by Crippen LogP contribution is 2.31. The lowest BCUT2D eigenvalue weighted by Crippen LogP contribution is -2.40. The predicted octanol–water partition coefficient (Wildman–Crippen LogP) is 3.91. The molecular weight excluding hydrogens is 412 g/mol. The van der Waals surface area contributed by atoms with E-state index in [1.165, 1.54) is 9.75 Å². The van der Waals surface area contributed by atoms with Crippen molar-refractivity contribution in [2.75, 3.05) is 58.4 Å². The van der Waals surface area contributed by atoms with Crippen molar-refractivity contribution in [1.29, 1.82) is 0 Å². The Labute approximate surface area is 189 Å². The maximum atomic E-state index is 5.71. The summed E-state index contributed by atoms with van der Waals surface area (Å²) in [6.07, 6.45) is 0. The first-order valence-corrected chi connectivity index (χ1v) is 11.7. The number of morpholine rings is 1. The highest BCUT2D eigenvalue weighted by atomic mass is 32.1. The molecule has 1 aliphatic rings. The number of rotatable bonds is 9. The van der Waals surface area contributed by atoms with Crippen LogP contribution in [0.15, 0.2) is 35.3 Å². The molecule has 7 nitrogen and oxygen atoms in total. The molecule has 1 saturated heterocycles. The molecule has 1 unspecified atom stereocenters. The minimum Gasteiger partial charge on any atom is -0.493 e. The van der Waals surface area contributed by atoms with Crippen LogP contribution in [-0.2, 0) is 4.74 Å². The van der Waals surface area contributed by atoms with Crippen LogP contribution in [0.3, 0.4) is 0 Å². The van der Waals surface area contributed by atoms with E-state index in [4.69, 9.17) is 19.2 Å². The Morgan fingerprint density at radius 2 is 2.00 bits per heavy atom. The number of hydrogen-bond acceptors (Lipinski definition) is 6. The molecule has 1 aromatic heterocycles. The minimum absolute atomic E-state index is 0.243. The minimum atomic E-state index is 0.243. The van der Waals surface area contributed by atoms with E-state index in [1.807, 2.05) is 36.5 Å². The fraction of sp³-hybridized carbons (Fsp3) is 0.522. The number of nitrogens with zero attached hydrogens (tertiary/aromatic N) is 2. The third-order valence-corrected chi connectivity index (χ3v) is 6.17. The molecule has 2 heterocycles. The van der Waals surface area contributed by atoms with Gasteiger partial charge < -0.3 is 24.8 Å². The van der Waals surface area contributed by atoms with Gasteiger partial charge in [0.15, 0.2) is 17.5 Å². The molecule has 0 bridgehead atoms. The first kappa shape index (κ1) is 23.4. The topological polar surface area (TPSA) is 67.4 Å². The lowest BCUT2D eigenvalue weighted by atomic mass is 10.2. The molecule has 8 heteroatoms. The molecule has 0 spiro atoms. The summed E-state index contributed by atoms with van der Waals surface area (Å²) in [5.74, 6) is 2.18. The first-order valence-electron chi connectivity index (χ1n) is 10.9. The van der Waals surface area contributed by atoms with Crippen LogP contribution in [0.5, 0.6) is 11.5 Å². The molecule has 0 saturated carbocycles. The SMILES string of the molecule is CCNC(=NCC(c1ccc(C)s1)N1CCOCC1)Nc1ccc(OC)c(OCC)c1. The van der Waals surface area contributed by atoms with Gasteiger partial charge in [-0.2, -0.15) is 0 Å². The Morgan fingerprint density at radius 3 is 2.65 bits per heavy atom. The van der Waals surface area contributed by atoms with E-state index in [1.54, 1.807) is 7.11 Å². The quantitative estimate of drug-likeness (QED) is 0.450. The number of benzene rings is 1. The van der Waals surface area contributed by atoms with E-state index < -0.39 is 0 Å². The van der Waals surface area contributed by atoms with Crippen molar-refractivity contribution in [3.63, 3.8) is 0 Å². The van der Waals surface area contributed by atoms with Crippen molar-refractivity contribution in [3.05, 3.63) is 40.1 Å². The number of ether oxygens (including phenoxy) is 3. The van der Waals surface area contributed by atoms with Crippen LogP contribution in [0.4, 0.5) is 5.69 Å². The van der Waals surface area contributed by atoms with Gasteiger partial charge in [-0.05, 0) is 45.0 Å². The van der Waals surface area contributed by atoms with Gasteiger partial charge >= 0.3 is 0 Å². The number of guanidine groups is 1. The molecule has 170 valence electrons. The number of nitrogens with one attached hydrogen (secondary N) is 2. The van der Waals surface area contributed by atoms with Gasteiger partial charge in [0.25, 0.3) is 0 Å². The molecule has 0 radical (unpaired) electrons. The van der Waals surface area contributed by atoms with E-state index in [9.17, 15) is 0 Å². The molecule has 1 aliphatic heterocycles. The van der Waals surface area contributed by atoms with Crippen LogP contribution in [-0.4, -0.2) is 64.0 Å². The van der Waals surface area contributed by atoms with Crippen LogP contribution in [0.1, 0.15) is 29.6 Å². The number of methoxy groups -OCH3 is 1. The summed E-state index contributed by atoms with van der Waals surface area (Å²) < 4.78 is 16.7. The number of hydrogen-bond donors (Lipinski definition) is 2. The van der Waals surface area contributed by atoms with E-state index in [2.05, 4.69) is 41.5 Å². The molecule has 3 rings (SSSR count). The third-order valence-electron chi connectivity index (χ3n) is 5.07. The molecular formula is C23H34N4O3S. The van der Waals surface area contributed by atoms with Crippen molar-refractivity contribution in [2.45, 2.75) is 26.8 Å². The van der Waals surface area contributed by atoms with Gasteiger partial charge in [-0.1, -0.05) is 0 Å². The van der Waals surface area contributed by atoms with Crippen LogP contribution in [0, 0.1) is 6.92 Å². The van der Waals surface area contributed by atoms with Crippen molar-refractivity contribution in [1.82, 2.24) is 10.2 Å². The molecule has 1 atom stereocenters. The summed E-state index contributed by atoms with van der Waals surface area (Å²) in [5, 5.41) is 6.76. The van der Waals surface area contributed by atoms with E-state index >= 15 is 0 Å². The third kappa shape index (κ3) is 6.59. The zero-order valence-electron chi connectivity index (χ0n) is 18.9. The molecule has 1 aromatic carbocycles. The van der Waals surface area contributed by atoms with Gasteiger partial charge in [-0.15, -0.1) is 11.3 Å². The highest BCUT2D eigenvalue weighted by molar-refractivity contribution is 7.12. The molecule has 31 heavy (non-hydrogen) atoms. The Bertz CT molecular complexity index is 849. The zero-order chi connectivity index (χ0) is 22.1. The molecule has 0 aliphatic carbocycles. The normalized spacial score (nSPS) is 16.1. The summed E-state index contributed by atoms with van der Waals surface area (Å²) in [4.78, 5) is 10.1. The fourth-order valence-corrected chi connectivity index (χ4v) is 4.55. The van der Waals surface area contributed by atoms with Crippen LogP contribution in [0.25, 0.3) is 0 Å². The van der Waals surface area contributed by atoms with Gasteiger partial charge in [-0.3, -0.25) is 9.89 Å². The van der Waals surface area contributed by atoms with Gasteiger partial charge in [0.05, 0.1) is 39.5 Å². The Morgan fingerprint density at radius 1 is 1.19 bits per heavy atom. The van der Waals surface area contributed by atoms with E-state index in [0.29, 0.717) is 18.9 Å². The lowest BCUT2D eigenvalue weighted by molar-refractivity contribution is 0.0187. The smallest absolute Gasteiger partial charge is 0.195 e. The van der Waals surface area contributed by atoms with E-state index in [-0.39, 0.29) is 6.04 Å². The summed E-state index contributed by atoms with van der Waals surface area (Å²) in [6.45, 7) is 11.6. The zero-order valence-corrected chi connectivity index (χ0v) is 19.8. The van der Waals surface area contributed by atoms with Crippen molar-refractivity contribution in [2.24, 2.45) is 4.99 Å². The van der Waals surface area contributed by atoms with Gasteiger partial charge in [-0.25, -0.2) is 0 Å². The van der Waals surface area contributed by atoms with Crippen LogP contribution < -0.4 is 20.1 Å². The number of thiophene rings is 1. The van der Waals surface area contributed by atoms with Crippen LogP contribution >= 0.6 is 11.3 Å². The van der Waals surface area contributed by atoms with Crippen molar-refractivity contribution in [3.8, 4) is 11.5 Å². The average Bonchev–Trinajstić information content (AvgIpc) is 3.21. The lowest BCUT2D eigenvalue weighted by Gasteiger charge is -2.33. The Hall–Kier alpha value is -2.29.